The lowest BCUT2D eigenvalue weighted by molar-refractivity contribution is 0.110. The number of hydrogen-bond acceptors (Lipinski definition) is 3. The Bertz CT molecular complexity index is 473. The van der Waals surface area contributed by atoms with Crippen molar-refractivity contribution in [1.29, 1.82) is 0 Å². The van der Waals surface area contributed by atoms with E-state index in [1.807, 2.05) is 0 Å². The Morgan fingerprint density at radius 2 is 1.38 bits per heavy atom. The third-order valence-corrected chi connectivity index (χ3v) is 8.82. The summed E-state index contributed by atoms with van der Waals surface area (Å²) in [6, 6.07) is 0.543. The van der Waals surface area contributed by atoms with Crippen molar-refractivity contribution in [3.63, 3.8) is 0 Å². The summed E-state index contributed by atoms with van der Waals surface area (Å²) < 4.78 is 0. The number of halogens is 2. The molecule has 0 aromatic rings. The Labute approximate surface area is 205 Å². The van der Waals surface area contributed by atoms with Gasteiger partial charge in [0.25, 0.3) is 0 Å². The van der Waals surface area contributed by atoms with Crippen LogP contribution in [0.5, 0.6) is 0 Å². The Balaban J connectivity index is 0.00000320. The molecule has 4 atom stereocenters. The molecule has 1 saturated heterocycles. The van der Waals surface area contributed by atoms with E-state index in [9.17, 15) is 5.11 Å². The zero-order valence-electron chi connectivity index (χ0n) is 20.2. The first kappa shape index (κ1) is 32.3. The van der Waals surface area contributed by atoms with E-state index in [2.05, 4.69) is 24.1 Å². The third kappa shape index (κ3) is 9.91. The van der Waals surface area contributed by atoms with Crippen molar-refractivity contribution in [3.8, 4) is 0 Å². The highest BCUT2D eigenvalue weighted by molar-refractivity contribution is 6.20. The summed E-state index contributed by atoms with van der Waals surface area (Å²) in [7, 11) is 0. The molecule has 3 unspecified atom stereocenters. The fourth-order valence-electron chi connectivity index (χ4n) is 6.06. The molecule has 0 aromatic heterocycles. The lowest BCUT2D eigenvalue weighted by Gasteiger charge is -2.40. The van der Waals surface area contributed by atoms with Crippen LogP contribution in [-0.4, -0.2) is 76.0 Å². The molecule has 0 bridgehead atoms. The average Bonchev–Trinajstić information content (AvgIpc) is 2.71. The maximum Gasteiger partial charge on any atom is 0.0459 e. The van der Waals surface area contributed by atoms with Crippen LogP contribution in [0.25, 0.3) is 0 Å². The first-order chi connectivity index (χ1) is 13.9. The van der Waals surface area contributed by atoms with Crippen LogP contribution < -0.4 is 5.32 Å². The highest BCUT2D eigenvalue weighted by atomic mass is 35.5. The number of likely N-dealkylation sites (tertiary alicyclic amines) is 1. The van der Waals surface area contributed by atoms with Crippen molar-refractivity contribution in [1.82, 2.24) is 10.2 Å². The quantitative estimate of drug-likeness (QED) is 0.496. The van der Waals surface area contributed by atoms with Crippen molar-refractivity contribution >= 4 is 23.2 Å². The predicted molar refractivity (Wildman–Crippen MR) is 136 cm³/mol. The maximum atomic E-state index is 9.54. The third-order valence-electron chi connectivity index (χ3n) is 8.03. The molecule has 8 heteroatoms. The van der Waals surface area contributed by atoms with Crippen LogP contribution in [0.1, 0.15) is 71.6 Å². The molecule has 3 fully saturated rings. The normalized spacial score (nSPS) is 33.0. The van der Waals surface area contributed by atoms with Crippen molar-refractivity contribution in [2.45, 2.75) is 88.4 Å². The van der Waals surface area contributed by atoms with Gasteiger partial charge < -0.3 is 31.8 Å². The SMILES string of the molecule is CC(C)[C@H](CN1CCC(C2CCC(Cl)CC2)CC1)NCC1CC(Cl)CC(CO)C1.O.O.O. The molecule has 32 heavy (non-hydrogen) atoms. The van der Waals surface area contributed by atoms with Gasteiger partial charge >= 0.3 is 0 Å². The minimum Gasteiger partial charge on any atom is -0.412 e. The van der Waals surface area contributed by atoms with Crippen LogP contribution in [0.15, 0.2) is 0 Å². The fourth-order valence-corrected chi connectivity index (χ4v) is 6.82. The van der Waals surface area contributed by atoms with Gasteiger partial charge in [-0.3, -0.25) is 0 Å². The van der Waals surface area contributed by atoms with E-state index in [4.69, 9.17) is 23.2 Å². The predicted octanol–water partition coefficient (Wildman–Crippen LogP) is 2.65. The topological polar surface area (TPSA) is 130 Å². The number of nitrogens with one attached hydrogen (secondary N) is 1. The van der Waals surface area contributed by atoms with Gasteiger partial charge in [0, 0.05) is 29.9 Å². The second-order valence-corrected chi connectivity index (χ2v) is 11.9. The zero-order chi connectivity index (χ0) is 20.8. The summed E-state index contributed by atoms with van der Waals surface area (Å²) >= 11 is 12.8. The second-order valence-electron chi connectivity index (χ2n) is 10.6. The summed E-state index contributed by atoms with van der Waals surface area (Å²) in [6.45, 7) is 9.70. The van der Waals surface area contributed by atoms with E-state index >= 15 is 0 Å². The molecule has 0 radical (unpaired) electrons. The van der Waals surface area contributed by atoms with Crippen LogP contribution in [-0.2, 0) is 0 Å². The summed E-state index contributed by atoms with van der Waals surface area (Å²) in [6.07, 6.45) is 11.1. The highest BCUT2D eigenvalue weighted by Crippen LogP contribution is 2.37. The molecule has 0 aromatic carbocycles. The van der Waals surface area contributed by atoms with Crippen molar-refractivity contribution in [2.24, 2.45) is 29.6 Å². The van der Waals surface area contributed by atoms with Crippen molar-refractivity contribution < 1.29 is 21.5 Å². The van der Waals surface area contributed by atoms with E-state index in [-0.39, 0.29) is 28.4 Å². The van der Waals surface area contributed by atoms with Gasteiger partial charge in [-0.15, -0.1) is 23.2 Å². The number of piperidine rings is 1. The smallest absolute Gasteiger partial charge is 0.0459 e. The molecular formula is C24H50Cl2N2O4. The van der Waals surface area contributed by atoms with Crippen molar-refractivity contribution in [3.05, 3.63) is 0 Å². The van der Waals surface area contributed by atoms with Gasteiger partial charge in [0.2, 0.25) is 0 Å². The molecule has 3 aliphatic rings. The molecule has 6 nitrogen and oxygen atoms in total. The molecule has 3 rings (SSSR count). The van der Waals surface area contributed by atoms with E-state index in [1.54, 1.807) is 0 Å². The molecule has 2 saturated carbocycles. The van der Waals surface area contributed by atoms with Gasteiger partial charge in [-0.25, -0.2) is 0 Å². The lowest BCUT2D eigenvalue weighted by Crippen LogP contribution is -2.49. The number of hydrogen-bond donors (Lipinski definition) is 2. The minimum atomic E-state index is 0. The summed E-state index contributed by atoms with van der Waals surface area (Å²) in [5, 5.41) is 14.1. The molecule has 8 N–H and O–H groups in total. The fraction of sp³-hybridized carbons (Fsp3) is 1.00. The number of nitrogens with zero attached hydrogens (tertiary/aromatic N) is 1. The van der Waals surface area contributed by atoms with E-state index in [1.165, 1.54) is 58.2 Å². The maximum absolute atomic E-state index is 9.54. The van der Waals surface area contributed by atoms with Crippen LogP contribution in [0.4, 0.5) is 0 Å². The standard InChI is InChI=1S/C24H44Cl2N2O.3H2O/c1-17(2)24(27-14-18-11-19(16-29)13-23(26)12-18)15-28-9-7-21(8-10-28)20-3-5-22(25)6-4-20;;;/h17-24,27,29H,3-16H2,1-2H3;3*1H2/t18?,19?,20?,22?,23?,24-;;;/m0.../s1. The number of alkyl halides is 2. The molecule has 0 spiro atoms. The summed E-state index contributed by atoms with van der Waals surface area (Å²) in [5.41, 5.74) is 0. The summed E-state index contributed by atoms with van der Waals surface area (Å²) in [5.74, 6) is 3.49. The van der Waals surface area contributed by atoms with Gasteiger partial charge in [-0.1, -0.05) is 13.8 Å². The monoisotopic (exact) mass is 500 g/mol. The molecule has 194 valence electrons. The minimum absolute atomic E-state index is 0. The van der Waals surface area contributed by atoms with E-state index in [0.717, 1.165) is 37.6 Å². The average molecular weight is 502 g/mol. The molecule has 1 aliphatic heterocycles. The first-order valence-corrected chi connectivity index (χ1v) is 13.2. The van der Waals surface area contributed by atoms with Crippen LogP contribution in [0, 0.1) is 29.6 Å². The Morgan fingerprint density at radius 3 is 1.94 bits per heavy atom. The number of rotatable bonds is 8. The number of aliphatic hydroxyl groups excluding tert-OH is 1. The first-order valence-electron chi connectivity index (χ1n) is 12.3. The van der Waals surface area contributed by atoms with E-state index in [0.29, 0.717) is 29.2 Å². The van der Waals surface area contributed by atoms with Crippen LogP contribution >= 0.6 is 23.2 Å². The van der Waals surface area contributed by atoms with Gasteiger partial charge in [0.1, 0.15) is 0 Å². The molecule has 0 amide bonds. The number of aliphatic hydroxyl groups is 1. The van der Waals surface area contributed by atoms with Crippen LogP contribution in [0.3, 0.4) is 0 Å². The van der Waals surface area contributed by atoms with Gasteiger partial charge in [-0.05, 0) is 107 Å². The Hall–Kier alpha value is 0.340. The molecular weight excluding hydrogens is 451 g/mol. The van der Waals surface area contributed by atoms with E-state index < -0.39 is 0 Å². The summed E-state index contributed by atoms with van der Waals surface area (Å²) in [4.78, 5) is 2.70. The molecule has 1 heterocycles. The van der Waals surface area contributed by atoms with Gasteiger partial charge in [-0.2, -0.15) is 0 Å². The zero-order valence-corrected chi connectivity index (χ0v) is 21.7. The van der Waals surface area contributed by atoms with Gasteiger partial charge in [0.05, 0.1) is 0 Å². The van der Waals surface area contributed by atoms with Crippen LogP contribution in [0.2, 0.25) is 0 Å². The lowest BCUT2D eigenvalue weighted by atomic mass is 9.75. The molecule has 2 aliphatic carbocycles. The van der Waals surface area contributed by atoms with Gasteiger partial charge in [0.15, 0.2) is 0 Å². The Morgan fingerprint density at radius 1 is 0.812 bits per heavy atom. The highest BCUT2D eigenvalue weighted by Gasteiger charge is 2.31. The van der Waals surface area contributed by atoms with Crippen molar-refractivity contribution in [2.75, 3.05) is 32.8 Å². The Kier molecular flexibility index (Phi) is 16.3. The second kappa shape index (κ2) is 16.1. The largest absolute Gasteiger partial charge is 0.412 e.